The van der Waals surface area contributed by atoms with Gasteiger partial charge in [0.1, 0.15) is 0 Å². The molecule has 1 N–H and O–H groups in total. The Bertz CT molecular complexity index is 541. The van der Waals surface area contributed by atoms with Crippen LogP contribution in [0.5, 0.6) is 0 Å². The average molecular weight is 296 g/mol. The molecule has 20 heavy (non-hydrogen) atoms. The van der Waals surface area contributed by atoms with Crippen LogP contribution in [0, 0.1) is 0 Å². The number of benzene rings is 1. The normalized spacial score (nSPS) is 20.9. The van der Waals surface area contributed by atoms with Gasteiger partial charge in [0.05, 0.1) is 10.6 Å². The Morgan fingerprint density at radius 2 is 2.00 bits per heavy atom. The number of nitrogens with one attached hydrogen (secondary N) is 1. The molecule has 1 aliphatic heterocycles. The summed E-state index contributed by atoms with van der Waals surface area (Å²) in [5, 5.41) is 3.51. The Labute approximate surface area is 122 Å². The fourth-order valence-electron chi connectivity index (χ4n) is 2.63. The molecule has 0 aromatic heterocycles. The first-order valence-corrected chi connectivity index (χ1v) is 8.86. The Morgan fingerprint density at radius 1 is 1.25 bits per heavy atom. The monoisotopic (exact) mass is 296 g/mol. The van der Waals surface area contributed by atoms with Crippen molar-refractivity contribution in [2.45, 2.75) is 30.2 Å². The largest absolute Gasteiger partial charge is 0.310 e. The summed E-state index contributed by atoms with van der Waals surface area (Å²) < 4.78 is 24.1. The molecule has 0 saturated heterocycles. The quantitative estimate of drug-likeness (QED) is 0.814. The lowest BCUT2D eigenvalue weighted by Crippen LogP contribution is -2.30. The van der Waals surface area contributed by atoms with Gasteiger partial charge < -0.3 is 10.2 Å². The van der Waals surface area contributed by atoms with Gasteiger partial charge in [-0.15, -0.1) is 0 Å². The van der Waals surface area contributed by atoms with E-state index in [1.807, 2.05) is 12.1 Å². The molecular weight excluding hydrogens is 272 g/mol. The number of hydrogen-bond acceptors (Lipinski definition) is 4. The molecule has 112 valence electrons. The summed E-state index contributed by atoms with van der Waals surface area (Å²) in [5.41, 5.74) is 0.936. The molecule has 0 bridgehead atoms. The molecule has 1 aromatic rings. The average Bonchev–Trinajstić information content (AvgIpc) is 2.41. The first kappa shape index (κ1) is 15.5. The van der Waals surface area contributed by atoms with Gasteiger partial charge in [-0.05, 0) is 58.1 Å². The summed E-state index contributed by atoms with van der Waals surface area (Å²) >= 11 is 0. The Balaban J connectivity index is 1.94. The van der Waals surface area contributed by atoms with Crippen molar-refractivity contribution < 1.29 is 8.42 Å². The maximum Gasteiger partial charge on any atom is 0.178 e. The number of sulfone groups is 1. The van der Waals surface area contributed by atoms with Crippen LogP contribution in [0.3, 0.4) is 0 Å². The first-order valence-electron chi connectivity index (χ1n) is 7.20. The van der Waals surface area contributed by atoms with Crippen LogP contribution in [0.25, 0.3) is 0 Å². The molecule has 0 amide bonds. The Kier molecular flexibility index (Phi) is 5.18. The van der Waals surface area contributed by atoms with Crippen LogP contribution in [0.2, 0.25) is 0 Å². The van der Waals surface area contributed by atoms with E-state index in [1.165, 1.54) is 0 Å². The van der Waals surface area contributed by atoms with Crippen molar-refractivity contribution in [3.05, 3.63) is 29.8 Å². The molecule has 1 aliphatic rings. The molecule has 0 saturated carbocycles. The van der Waals surface area contributed by atoms with E-state index < -0.39 is 9.84 Å². The Hall–Kier alpha value is -0.910. The first-order chi connectivity index (χ1) is 9.50. The van der Waals surface area contributed by atoms with Gasteiger partial charge in [0.2, 0.25) is 0 Å². The predicted octanol–water partition coefficient (Wildman–Crippen LogP) is 1.84. The van der Waals surface area contributed by atoms with Gasteiger partial charge in [-0.3, -0.25) is 0 Å². The van der Waals surface area contributed by atoms with Gasteiger partial charge in [0.25, 0.3) is 0 Å². The summed E-state index contributed by atoms with van der Waals surface area (Å²) in [6.07, 6.45) is 2.95. The van der Waals surface area contributed by atoms with Gasteiger partial charge >= 0.3 is 0 Å². The topological polar surface area (TPSA) is 49.4 Å². The van der Waals surface area contributed by atoms with E-state index in [2.05, 4.69) is 24.3 Å². The molecule has 4 nitrogen and oxygen atoms in total. The molecule has 5 heteroatoms. The molecule has 2 rings (SSSR count). The van der Waals surface area contributed by atoms with E-state index in [0.29, 0.717) is 11.3 Å². The molecule has 0 fully saturated rings. The highest BCUT2D eigenvalue weighted by Gasteiger charge is 2.29. The minimum atomic E-state index is -3.07. The summed E-state index contributed by atoms with van der Waals surface area (Å²) in [6.45, 7) is 2.03. The second-order valence-corrected chi connectivity index (χ2v) is 7.74. The maximum absolute atomic E-state index is 12.0. The molecule has 1 atom stereocenters. The van der Waals surface area contributed by atoms with E-state index in [4.69, 9.17) is 0 Å². The Morgan fingerprint density at radius 3 is 2.75 bits per heavy atom. The van der Waals surface area contributed by atoms with Crippen LogP contribution in [-0.2, 0) is 9.84 Å². The van der Waals surface area contributed by atoms with Crippen LogP contribution in [0.1, 0.15) is 30.9 Å². The van der Waals surface area contributed by atoms with E-state index in [1.54, 1.807) is 12.1 Å². The van der Waals surface area contributed by atoms with Crippen LogP contribution in [-0.4, -0.2) is 46.3 Å². The van der Waals surface area contributed by atoms with E-state index in [9.17, 15) is 8.42 Å². The zero-order valence-corrected chi connectivity index (χ0v) is 13.1. The van der Waals surface area contributed by atoms with Crippen molar-refractivity contribution in [3.63, 3.8) is 0 Å². The highest BCUT2D eigenvalue weighted by molar-refractivity contribution is 7.91. The molecule has 1 unspecified atom stereocenters. The molecule has 0 spiro atoms. The molecule has 0 aliphatic carbocycles. The lowest BCUT2D eigenvalue weighted by Gasteiger charge is -2.26. The molecular formula is C15H24N2O2S. The zero-order valence-electron chi connectivity index (χ0n) is 12.3. The van der Waals surface area contributed by atoms with Crippen molar-refractivity contribution in [2.24, 2.45) is 0 Å². The fraction of sp³-hybridized carbons (Fsp3) is 0.600. The standard InChI is InChI=1S/C15H24N2O2S/c1-17(2)11-6-5-10-16-14-9-12-20(18,19)15-8-4-3-7-13(14)15/h3-4,7-8,14,16H,5-6,9-12H2,1-2H3. The van der Waals surface area contributed by atoms with E-state index in [-0.39, 0.29) is 11.8 Å². The van der Waals surface area contributed by atoms with Crippen LogP contribution in [0.4, 0.5) is 0 Å². The summed E-state index contributed by atoms with van der Waals surface area (Å²) in [6, 6.07) is 7.55. The van der Waals surface area contributed by atoms with E-state index >= 15 is 0 Å². The number of nitrogens with zero attached hydrogens (tertiary/aromatic N) is 1. The lowest BCUT2D eigenvalue weighted by molar-refractivity contribution is 0.386. The van der Waals surface area contributed by atoms with Crippen LogP contribution < -0.4 is 5.32 Å². The maximum atomic E-state index is 12.0. The fourth-order valence-corrected chi connectivity index (χ4v) is 4.25. The van der Waals surface area contributed by atoms with Crippen molar-refractivity contribution in [1.29, 1.82) is 0 Å². The van der Waals surface area contributed by atoms with Crippen LogP contribution >= 0.6 is 0 Å². The summed E-state index contributed by atoms with van der Waals surface area (Å²) in [7, 11) is 1.09. The highest BCUT2D eigenvalue weighted by Crippen LogP contribution is 2.31. The van der Waals surface area contributed by atoms with Crippen molar-refractivity contribution in [3.8, 4) is 0 Å². The third kappa shape index (κ3) is 3.81. The summed E-state index contributed by atoms with van der Waals surface area (Å²) in [5.74, 6) is 0.249. The van der Waals surface area contributed by atoms with Gasteiger partial charge in [-0.25, -0.2) is 8.42 Å². The smallest absolute Gasteiger partial charge is 0.178 e. The second-order valence-electron chi connectivity index (χ2n) is 5.66. The lowest BCUT2D eigenvalue weighted by atomic mass is 10.0. The third-order valence-corrected chi connectivity index (χ3v) is 5.54. The number of hydrogen-bond donors (Lipinski definition) is 1. The van der Waals surface area contributed by atoms with Gasteiger partial charge in [-0.2, -0.15) is 0 Å². The predicted molar refractivity (Wildman–Crippen MR) is 81.6 cm³/mol. The number of rotatable bonds is 6. The molecule has 1 aromatic carbocycles. The van der Waals surface area contributed by atoms with Crippen molar-refractivity contribution in [2.75, 3.05) is 32.9 Å². The SMILES string of the molecule is CN(C)CCCCNC1CCS(=O)(=O)c2ccccc21. The van der Waals surface area contributed by atoms with E-state index in [0.717, 1.165) is 31.5 Å². The number of unbranched alkanes of at least 4 members (excludes halogenated alkanes) is 1. The van der Waals surface area contributed by atoms with Gasteiger partial charge in [0, 0.05) is 6.04 Å². The van der Waals surface area contributed by atoms with Crippen LogP contribution in [0.15, 0.2) is 29.2 Å². The van der Waals surface area contributed by atoms with Crippen molar-refractivity contribution in [1.82, 2.24) is 10.2 Å². The zero-order chi connectivity index (χ0) is 14.6. The molecule has 0 radical (unpaired) electrons. The van der Waals surface area contributed by atoms with Gasteiger partial charge in [0.15, 0.2) is 9.84 Å². The minimum absolute atomic E-state index is 0.175. The highest BCUT2D eigenvalue weighted by atomic mass is 32.2. The van der Waals surface area contributed by atoms with Crippen molar-refractivity contribution >= 4 is 9.84 Å². The van der Waals surface area contributed by atoms with Gasteiger partial charge in [-0.1, -0.05) is 18.2 Å². The third-order valence-electron chi connectivity index (χ3n) is 3.73. The summed E-state index contributed by atoms with van der Waals surface area (Å²) in [4.78, 5) is 2.69. The molecule has 1 heterocycles. The second kappa shape index (κ2) is 6.70. The minimum Gasteiger partial charge on any atom is -0.310 e. The number of fused-ring (bicyclic) bond motifs is 1.